The van der Waals surface area contributed by atoms with Gasteiger partial charge in [-0.3, -0.25) is 18.2 Å². The number of rotatable bonds is 2. The first-order chi connectivity index (χ1) is 20.9. The van der Waals surface area contributed by atoms with Crippen LogP contribution in [0.3, 0.4) is 0 Å². The standard InChI is InChI=1S/C19H21FN10O10P2S2/c20-7-12-19(36-17(7)29-4-27-8-13(21)23-2-25-15(8)29)37-40-42(33,44)38-11-6(1-34-41(32,43)39-12)35-18(10(11)31)30-5-28-9-14(22)24-3-26-16(9)30/h2-7,10-12,17-19,31H,1H2,(H,32,43)(H,33,44)(H2,21,23,25)(H2,22,24,26)/t6-,7-,10-,11-,12+,17-,18-,19-,41?,42?/m1/s1. The number of hydrogen-bond acceptors (Lipinski definition) is 18. The minimum absolute atomic E-state index is 0.0349. The topological polar surface area (TPSA) is 261 Å². The van der Waals surface area contributed by atoms with Gasteiger partial charge >= 0.3 is 13.5 Å². The number of imidazole rings is 2. The van der Waals surface area contributed by atoms with Gasteiger partial charge in [0.05, 0.1) is 19.3 Å². The van der Waals surface area contributed by atoms with Crippen LogP contribution in [0.2, 0.25) is 0 Å². The highest BCUT2D eigenvalue weighted by Gasteiger charge is 2.54. The third-order valence-corrected chi connectivity index (χ3v) is 9.73. The van der Waals surface area contributed by atoms with E-state index in [0.717, 1.165) is 6.33 Å². The van der Waals surface area contributed by atoms with Crippen LogP contribution in [0, 0.1) is 0 Å². The van der Waals surface area contributed by atoms with E-state index in [9.17, 15) is 14.6 Å². The number of halogens is 1. The highest BCUT2D eigenvalue weighted by atomic mass is 32.7. The van der Waals surface area contributed by atoms with E-state index >= 15 is 4.39 Å². The molecule has 4 aromatic heterocycles. The van der Waals surface area contributed by atoms with Crippen molar-refractivity contribution < 1.29 is 51.6 Å². The summed E-state index contributed by atoms with van der Waals surface area (Å²) in [6.45, 7) is -9.38. The summed E-state index contributed by atoms with van der Waals surface area (Å²) in [5, 5.41) is 11.2. The van der Waals surface area contributed by atoms with Gasteiger partial charge in [0.15, 0.2) is 47.7 Å². The molecule has 236 valence electrons. The van der Waals surface area contributed by atoms with Gasteiger partial charge in [0.1, 0.15) is 42.0 Å². The lowest BCUT2D eigenvalue weighted by Crippen LogP contribution is -2.37. The first-order valence-corrected chi connectivity index (χ1v) is 17.7. The molecule has 4 aromatic rings. The Labute approximate surface area is 254 Å². The highest BCUT2D eigenvalue weighted by molar-refractivity contribution is 8.44. The van der Waals surface area contributed by atoms with Crippen LogP contribution in [0.4, 0.5) is 16.0 Å². The summed E-state index contributed by atoms with van der Waals surface area (Å²) in [6.07, 6.45) is -7.96. The molecule has 0 aliphatic carbocycles. The summed E-state index contributed by atoms with van der Waals surface area (Å²) >= 11 is 9.06. The molecule has 10 atom stereocenters. The first-order valence-electron chi connectivity index (χ1n) is 12.4. The molecule has 3 aliphatic rings. The lowest BCUT2D eigenvalue weighted by atomic mass is 10.1. The number of fused-ring (bicyclic) bond motifs is 4. The molecule has 2 unspecified atom stereocenters. The molecule has 0 aromatic carbocycles. The number of nitrogen functional groups attached to an aromatic ring is 2. The Kier molecular flexibility index (Phi) is 7.60. The Morgan fingerprint density at radius 1 is 0.955 bits per heavy atom. The van der Waals surface area contributed by atoms with Gasteiger partial charge in [0, 0.05) is 0 Å². The second-order valence-corrected chi connectivity index (χ2v) is 15.2. The molecule has 0 saturated carbocycles. The zero-order chi connectivity index (χ0) is 31.0. The van der Waals surface area contributed by atoms with Gasteiger partial charge in [0.2, 0.25) is 6.29 Å². The van der Waals surface area contributed by atoms with Crippen molar-refractivity contribution in [2.45, 2.75) is 49.3 Å². The molecule has 7 rings (SSSR count). The summed E-state index contributed by atoms with van der Waals surface area (Å²) in [7, 11) is 0. The monoisotopic (exact) mass is 694 g/mol. The number of hydrogen-bond donors (Lipinski definition) is 5. The number of alkyl halides is 1. The number of ether oxygens (including phenoxy) is 2. The zero-order valence-electron chi connectivity index (χ0n) is 21.7. The molecule has 3 aliphatic heterocycles. The van der Waals surface area contributed by atoms with Crippen LogP contribution in [0.15, 0.2) is 25.3 Å². The molecule has 3 fully saturated rings. The number of aliphatic hydroxyl groups excluding tert-OH is 1. The maximum Gasteiger partial charge on any atom is 0.413 e. The van der Waals surface area contributed by atoms with E-state index in [1.54, 1.807) is 0 Å². The number of thiol groups is 1. The summed E-state index contributed by atoms with van der Waals surface area (Å²) in [4.78, 5) is 40.1. The number of nitrogens with two attached hydrogens (primary N) is 2. The van der Waals surface area contributed by atoms with Crippen LogP contribution >= 0.6 is 25.8 Å². The van der Waals surface area contributed by atoms with Crippen LogP contribution in [-0.4, -0.2) is 92.5 Å². The van der Waals surface area contributed by atoms with Crippen molar-refractivity contribution in [2.75, 3.05) is 18.1 Å². The van der Waals surface area contributed by atoms with Crippen LogP contribution < -0.4 is 11.5 Å². The largest absolute Gasteiger partial charge is 0.413 e. The second kappa shape index (κ2) is 11.1. The van der Waals surface area contributed by atoms with Gasteiger partial charge in [-0.15, -0.1) is 4.67 Å². The SMILES string of the molecule is Nc1ncnc2c1ncn2[C@@H]1O[C@@H]2COP(O)(=S)O[C@@H]3[C@@H](OOP(=O)(S)O[C@H]2[C@H]1O)O[C@@H](n1cnc2c(N)ncnc21)[C@@H]3F. The van der Waals surface area contributed by atoms with Gasteiger partial charge in [-0.25, -0.2) is 38.9 Å². The smallest absolute Gasteiger partial charge is 0.386 e. The van der Waals surface area contributed by atoms with Crippen molar-refractivity contribution in [3.63, 3.8) is 0 Å². The molecule has 0 spiro atoms. The molecule has 25 heteroatoms. The van der Waals surface area contributed by atoms with E-state index in [1.807, 2.05) is 0 Å². The molecule has 0 bridgehead atoms. The fraction of sp³-hybridized carbons (Fsp3) is 0.474. The van der Waals surface area contributed by atoms with Crippen molar-refractivity contribution in [1.29, 1.82) is 0 Å². The minimum Gasteiger partial charge on any atom is -0.386 e. The Balaban J connectivity index is 1.17. The maximum atomic E-state index is 15.9. The molecule has 7 heterocycles. The van der Waals surface area contributed by atoms with E-state index in [1.165, 1.54) is 28.1 Å². The lowest BCUT2D eigenvalue weighted by molar-refractivity contribution is -0.334. The molecular weight excluding hydrogens is 673 g/mol. The summed E-state index contributed by atoms with van der Waals surface area (Å²) in [5.41, 5.74) is 12.4. The fourth-order valence-electron chi connectivity index (χ4n) is 4.95. The van der Waals surface area contributed by atoms with Gasteiger partial charge in [-0.2, -0.15) is 4.89 Å². The van der Waals surface area contributed by atoms with E-state index in [-0.39, 0.29) is 34.0 Å². The van der Waals surface area contributed by atoms with Crippen LogP contribution in [0.5, 0.6) is 0 Å². The predicted octanol–water partition coefficient (Wildman–Crippen LogP) is 0.285. The van der Waals surface area contributed by atoms with Gasteiger partial charge in [0.25, 0.3) is 0 Å². The number of nitrogens with zero attached hydrogens (tertiary/aromatic N) is 8. The van der Waals surface area contributed by atoms with E-state index < -0.39 is 69.5 Å². The second-order valence-electron chi connectivity index (χ2n) is 9.60. The summed E-state index contributed by atoms with van der Waals surface area (Å²) < 4.78 is 64.7. The highest BCUT2D eigenvalue weighted by Crippen LogP contribution is 2.58. The first kappa shape index (κ1) is 30.2. The molecule has 44 heavy (non-hydrogen) atoms. The summed E-state index contributed by atoms with van der Waals surface area (Å²) in [6, 6.07) is 0. The third kappa shape index (κ3) is 5.26. The molecule has 0 amide bonds. The Morgan fingerprint density at radius 2 is 1.57 bits per heavy atom. The van der Waals surface area contributed by atoms with Crippen molar-refractivity contribution in [1.82, 2.24) is 39.0 Å². The van der Waals surface area contributed by atoms with Crippen LogP contribution in [0.25, 0.3) is 22.3 Å². The predicted molar refractivity (Wildman–Crippen MR) is 149 cm³/mol. The van der Waals surface area contributed by atoms with Crippen molar-refractivity contribution in [3.05, 3.63) is 25.3 Å². The summed E-state index contributed by atoms with van der Waals surface area (Å²) in [5.74, 6) is 0.114. The normalized spacial score (nSPS) is 38.3. The quantitative estimate of drug-likeness (QED) is 0.107. The van der Waals surface area contributed by atoms with Gasteiger partial charge < -0.3 is 35.5 Å². The number of aliphatic hydroxyl groups is 1. The van der Waals surface area contributed by atoms with Gasteiger partial charge in [-0.05, 0) is 11.8 Å². The van der Waals surface area contributed by atoms with Crippen LogP contribution in [-0.2, 0) is 49.0 Å². The molecule has 3 saturated heterocycles. The van der Waals surface area contributed by atoms with E-state index in [2.05, 4.69) is 42.2 Å². The van der Waals surface area contributed by atoms with Crippen molar-refractivity contribution >= 4 is 71.5 Å². The van der Waals surface area contributed by atoms with Crippen molar-refractivity contribution in [3.8, 4) is 0 Å². The average Bonchev–Trinajstić information content (AvgIpc) is 3.73. The van der Waals surface area contributed by atoms with Crippen LogP contribution in [0.1, 0.15) is 12.5 Å². The molecular formula is C19H21FN10O10P2S2. The molecule has 20 nitrogen and oxygen atoms in total. The van der Waals surface area contributed by atoms with E-state index in [4.69, 9.17) is 55.9 Å². The Bertz CT molecular complexity index is 1710. The van der Waals surface area contributed by atoms with Crippen molar-refractivity contribution in [2.24, 2.45) is 0 Å². The van der Waals surface area contributed by atoms with Gasteiger partial charge in [-0.1, -0.05) is 12.2 Å². The molecule has 6 N–H and O–H groups in total. The Hall–Kier alpha value is -2.50. The minimum atomic E-state index is -4.52. The number of aromatic nitrogens is 8. The fourth-order valence-corrected chi connectivity index (χ4v) is 7.59. The Morgan fingerprint density at radius 3 is 2.20 bits per heavy atom. The average molecular weight is 695 g/mol. The lowest BCUT2D eigenvalue weighted by Gasteiger charge is -2.28. The third-order valence-electron chi connectivity index (χ3n) is 6.90. The zero-order valence-corrected chi connectivity index (χ0v) is 25.2. The maximum absolute atomic E-state index is 15.9. The number of anilines is 2. The molecule has 0 radical (unpaired) electrons. The van der Waals surface area contributed by atoms with E-state index in [0.29, 0.717) is 0 Å².